The molecule has 38 valence electrons. The number of hydrogen-bond acceptors (Lipinski definition) is 1. The topological polar surface area (TPSA) is 12.0 Å². The van der Waals surface area contributed by atoms with Crippen molar-refractivity contribution in [3.05, 3.63) is 0 Å². The predicted octanol–water partition coefficient (Wildman–Crippen LogP) is 0.325. The summed E-state index contributed by atoms with van der Waals surface area (Å²) in [5.74, 6) is 0. The average molecular weight is 95.0 g/mol. The minimum Gasteiger partial charge on any atom is -0.315 e. The molecule has 0 bridgehead atoms. The van der Waals surface area contributed by atoms with Crippen LogP contribution in [0.1, 0.15) is 12.8 Å². The maximum atomic E-state index is 5.37. The van der Waals surface area contributed by atoms with Crippen LogP contribution in [0.4, 0.5) is 0 Å². The Morgan fingerprint density at radius 2 is 2.57 bits per heavy atom. The minimum atomic E-state index is 0.625. The number of hydrogen-bond donors (Lipinski definition) is 1. The van der Waals surface area contributed by atoms with Gasteiger partial charge in [-0.05, 0) is 25.4 Å². The standard InChI is InChI=1S/C5H10BN/c6-4-5-2-1-3-7-5/h5,7H,1-4H2. The van der Waals surface area contributed by atoms with Gasteiger partial charge in [0, 0.05) is 0 Å². The predicted molar refractivity (Wildman–Crippen MR) is 31.6 cm³/mol. The number of nitrogens with one attached hydrogen (secondary N) is 1. The van der Waals surface area contributed by atoms with Crippen molar-refractivity contribution in [2.24, 2.45) is 0 Å². The van der Waals surface area contributed by atoms with E-state index in [1.165, 1.54) is 19.4 Å². The van der Waals surface area contributed by atoms with Gasteiger partial charge in [-0.3, -0.25) is 0 Å². The first-order chi connectivity index (χ1) is 3.43. The molecule has 1 atom stereocenters. The highest BCUT2D eigenvalue weighted by molar-refractivity contribution is 6.08. The Bertz CT molecular complexity index is 50.0. The molecular weight excluding hydrogens is 84.9 g/mol. The third kappa shape index (κ3) is 1.20. The summed E-state index contributed by atoms with van der Waals surface area (Å²) in [5.41, 5.74) is 0. The van der Waals surface area contributed by atoms with Gasteiger partial charge in [0.15, 0.2) is 0 Å². The molecule has 1 nitrogen and oxygen atoms in total. The van der Waals surface area contributed by atoms with Crippen molar-refractivity contribution in [3.63, 3.8) is 0 Å². The van der Waals surface area contributed by atoms with E-state index in [0.717, 1.165) is 6.32 Å². The second-order valence-electron chi connectivity index (χ2n) is 2.03. The van der Waals surface area contributed by atoms with E-state index >= 15 is 0 Å². The zero-order chi connectivity index (χ0) is 5.11. The van der Waals surface area contributed by atoms with E-state index in [4.69, 9.17) is 7.85 Å². The van der Waals surface area contributed by atoms with Crippen LogP contribution in [-0.4, -0.2) is 20.4 Å². The molecule has 1 heterocycles. The van der Waals surface area contributed by atoms with Crippen molar-refractivity contribution in [2.45, 2.75) is 25.2 Å². The van der Waals surface area contributed by atoms with Gasteiger partial charge in [-0.1, -0.05) is 6.32 Å². The third-order valence-electron chi connectivity index (χ3n) is 1.45. The maximum Gasteiger partial charge on any atom is 0.0674 e. The van der Waals surface area contributed by atoms with Gasteiger partial charge in [0.25, 0.3) is 0 Å². The molecule has 0 aliphatic carbocycles. The van der Waals surface area contributed by atoms with Gasteiger partial charge in [0.2, 0.25) is 0 Å². The van der Waals surface area contributed by atoms with Crippen molar-refractivity contribution >= 4 is 7.85 Å². The Morgan fingerprint density at radius 1 is 1.71 bits per heavy atom. The summed E-state index contributed by atoms with van der Waals surface area (Å²) in [7, 11) is 5.37. The number of rotatable bonds is 1. The van der Waals surface area contributed by atoms with E-state index in [1.807, 2.05) is 0 Å². The summed E-state index contributed by atoms with van der Waals surface area (Å²) in [5, 5.41) is 3.28. The Hall–Kier alpha value is 0.0249. The first-order valence-corrected chi connectivity index (χ1v) is 2.87. The lowest BCUT2D eigenvalue weighted by molar-refractivity contribution is 0.664. The van der Waals surface area contributed by atoms with E-state index in [-0.39, 0.29) is 0 Å². The van der Waals surface area contributed by atoms with E-state index < -0.39 is 0 Å². The summed E-state index contributed by atoms with van der Waals surface area (Å²) < 4.78 is 0. The molecule has 0 aromatic heterocycles. The van der Waals surface area contributed by atoms with Crippen LogP contribution in [0.2, 0.25) is 6.32 Å². The highest BCUT2D eigenvalue weighted by Crippen LogP contribution is 2.05. The van der Waals surface area contributed by atoms with Gasteiger partial charge in [-0.2, -0.15) is 0 Å². The van der Waals surface area contributed by atoms with Crippen LogP contribution in [-0.2, 0) is 0 Å². The first-order valence-electron chi connectivity index (χ1n) is 2.87. The van der Waals surface area contributed by atoms with Gasteiger partial charge in [0.05, 0.1) is 7.85 Å². The van der Waals surface area contributed by atoms with Crippen LogP contribution in [0.5, 0.6) is 0 Å². The summed E-state index contributed by atoms with van der Waals surface area (Å²) in [6, 6.07) is 0.625. The van der Waals surface area contributed by atoms with E-state index in [1.54, 1.807) is 0 Å². The zero-order valence-electron chi connectivity index (χ0n) is 4.48. The van der Waals surface area contributed by atoms with Crippen molar-refractivity contribution in [2.75, 3.05) is 6.54 Å². The van der Waals surface area contributed by atoms with Crippen LogP contribution in [0.25, 0.3) is 0 Å². The van der Waals surface area contributed by atoms with Crippen LogP contribution in [0, 0.1) is 0 Å². The monoisotopic (exact) mass is 95.1 g/mol. The SMILES string of the molecule is [B]CC1CCCN1. The van der Waals surface area contributed by atoms with Gasteiger partial charge in [-0.15, -0.1) is 0 Å². The fraction of sp³-hybridized carbons (Fsp3) is 1.00. The Morgan fingerprint density at radius 3 is 2.86 bits per heavy atom. The van der Waals surface area contributed by atoms with Crippen LogP contribution >= 0.6 is 0 Å². The maximum absolute atomic E-state index is 5.37. The van der Waals surface area contributed by atoms with Gasteiger partial charge in [-0.25, -0.2) is 0 Å². The van der Waals surface area contributed by atoms with Gasteiger partial charge in [0.1, 0.15) is 0 Å². The minimum absolute atomic E-state index is 0.625. The lowest BCUT2D eigenvalue weighted by Crippen LogP contribution is -2.19. The Balaban J connectivity index is 2.14. The fourth-order valence-electron chi connectivity index (χ4n) is 0.958. The molecular formula is C5H10BN. The molecule has 1 rings (SSSR count). The summed E-state index contributed by atoms with van der Waals surface area (Å²) in [6.07, 6.45) is 3.39. The highest BCUT2D eigenvalue weighted by Gasteiger charge is 2.09. The fourth-order valence-corrected chi connectivity index (χ4v) is 0.958. The molecule has 2 heteroatoms. The second kappa shape index (κ2) is 2.36. The van der Waals surface area contributed by atoms with Crippen molar-refractivity contribution in [1.29, 1.82) is 0 Å². The molecule has 0 spiro atoms. The lowest BCUT2D eigenvalue weighted by Gasteiger charge is -2.02. The lowest BCUT2D eigenvalue weighted by atomic mass is 9.97. The summed E-state index contributed by atoms with van der Waals surface area (Å²) in [6.45, 7) is 1.17. The quantitative estimate of drug-likeness (QED) is 0.462. The Labute approximate surface area is 45.9 Å². The summed E-state index contributed by atoms with van der Waals surface area (Å²) >= 11 is 0. The van der Waals surface area contributed by atoms with E-state index in [0.29, 0.717) is 6.04 Å². The molecule has 1 N–H and O–H groups in total. The van der Waals surface area contributed by atoms with Crippen molar-refractivity contribution in [1.82, 2.24) is 5.32 Å². The molecule has 0 aromatic carbocycles. The van der Waals surface area contributed by atoms with E-state index in [2.05, 4.69) is 5.32 Å². The van der Waals surface area contributed by atoms with Crippen LogP contribution < -0.4 is 5.32 Å². The molecule has 7 heavy (non-hydrogen) atoms. The van der Waals surface area contributed by atoms with Gasteiger partial charge >= 0.3 is 0 Å². The molecule has 2 radical (unpaired) electrons. The van der Waals surface area contributed by atoms with E-state index in [9.17, 15) is 0 Å². The molecule has 1 fully saturated rings. The normalized spacial score (nSPS) is 31.1. The van der Waals surface area contributed by atoms with Crippen molar-refractivity contribution in [3.8, 4) is 0 Å². The third-order valence-corrected chi connectivity index (χ3v) is 1.45. The zero-order valence-corrected chi connectivity index (χ0v) is 4.48. The van der Waals surface area contributed by atoms with Crippen LogP contribution in [0.15, 0.2) is 0 Å². The molecule has 1 aliphatic rings. The molecule has 1 saturated heterocycles. The van der Waals surface area contributed by atoms with Gasteiger partial charge < -0.3 is 5.32 Å². The smallest absolute Gasteiger partial charge is 0.0674 e. The largest absolute Gasteiger partial charge is 0.315 e. The second-order valence-corrected chi connectivity index (χ2v) is 2.03. The van der Waals surface area contributed by atoms with Crippen molar-refractivity contribution < 1.29 is 0 Å². The summed E-state index contributed by atoms with van der Waals surface area (Å²) in [4.78, 5) is 0. The molecule has 1 aliphatic heterocycles. The molecule has 0 amide bonds. The first kappa shape index (κ1) is 5.17. The molecule has 0 saturated carbocycles. The average Bonchev–Trinajstić information content (AvgIpc) is 2.14. The molecule has 1 unspecified atom stereocenters. The van der Waals surface area contributed by atoms with Crippen LogP contribution in [0.3, 0.4) is 0 Å². The Kier molecular flexibility index (Phi) is 1.74. The molecule has 0 aromatic rings. The highest BCUT2D eigenvalue weighted by atomic mass is 14.9.